The molecule has 3 N–H and O–H groups in total. The summed E-state index contributed by atoms with van der Waals surface area (Å²) in [6.45, 7) is 3.31. The summed E-state index contributed by atoms with van der Waals surface area (Å²) < 4.78 is 0. The summed E-state index contributed by atoms with van der Waals surface area (Å²) in [5, 5.41) is 3.38. The average Bonchev–Trinajstić information content (AvgIpc) is 3.15. The quantitative estimate of drug-likeness (QED) is 0.727. The molecular formula is C15H28N4O. The maximum absolute atomic E-state index is 11.5. The third kappa shape index (κ3) is 3.32. The van der Waals surface area contributed by atoms with E-state index < -0.39 is 0 Å². The van der Waals surface area contributed by atoms with Crippen LogP contribution in [0.1, 0.15) is 38.5 Å². The number of nitrogens with zero attached hydrogens (tertiary/aromatic N) is 2. The second-order valence-corrected chi connectivity index (χ2v) is 6.82. The molecule has 3 aliphatic rings. The van der Waals surface area contributed by atoms with E-state index in [-0.39, 0.29) is 11.9 Å². The van der Waals surface area contributed by atoms with E-state index in [0.29, 0.717) is 12.1 Å². The van der Waals surface area contributed by atoms with Crippen LogP contribution >= 0.6 is 0 Å². The molecule has 3 rings (SSSR count). The molecule has 3 atom stereocenters. The van der Waals surface area contributed by atoms with Crippen molar-refractivity contribution in [2.75, 3.05) is 26.7 Å². The molecule has 3 unspecified atom stereocenters. The summed E-state index contributed by atoms with van der Waals surface area (Å²) >= 11 is 0. The van der Waals surface area contributed by atoms with Gasteiger partial charge in [0.05, 0.1) is 6.04 Å². The van der Waals surface area contributed by atoms with Gasteiger partial charge >= 0.3 is 0 Å². The van der Waals surface area contributed by atoms with Crippen molar-refractivity contribution in [2.24, 2.45) is 5.73 Å². The number of hydrogen-bond donors (Lipinski definition) is 2. The molecule has 2 saturated heterocycles. The predicted molar refractivity (Wildman–Crippen MR) is 79.4 cm³/mol. The molecule has 2 aliphatic heterocycles. The highest BCUT2D eigenvalue weighted by atomic mass is 16.1. The number of fused-ring (bicyclic) bond motifs is 2. The lowest BCUT2D eigenvalue weighted by molar-refractivity contribution is -0.120. The van der Waals surface area contributed by atoms with Gasteiger partial charge in [-0.1, -0.05) is 0 Å². The second kappa shape index (κ2) is 6.00. The highest BCUT2D eigenvalue weighted by Gasteiger charge is 2.35. The fourth-order valence-corrected chi connectivity index (χ4v) is 3.74. The molecule has 1 saturated carbocycles. The van der Waals surface area contributed by atoms with Gasteiger partial charge in [0.2, 0.25) is 5.91 Å². The van der Waals surface area contributed by atoms with E-state index in [9.17, 15) is 4.79 Å². The Balaban J connectivity index is 1.48. The molecule has 2 bridgehead atoms. The van der Waals surface area contributed by atoms with Crippen LogP contribution in [0.2, 0.25) is 0 Å². The number of carbonyl (C=O) groups excluding carboxylic acids is 1. The zero-order chi connectivity index (χ0) is 14.1. The van der Waals surface area contributed by atoms with Gasteiger partial charge in [0.1, 0.15) is 0 Å². The highest BCUT2D eigenvalue weighted by Crippen LogP contribution is 2.28. The monoisotopic (exact) mass is 280 g/mol. The highest BCUT2D eigenvalue weighted by molar-refractivity contribution is 5.79. The first-order valence-corrected chi connectivity index (χ1v) is 8.13. The van der Waals surface area contributed by atoms with Crippen LogP contribution in [0.25, 0.3) is 0 Å². The first-order valence-electron chi connectivity index (χ1n) is 8.13. The number of primary amides is 1. The minimum absolute atomic E-state index is 0.138. The van der Waals surface area contributed by atoms with E-state index in [0.717, 1.165) is 25.6 Å². The van der Waals surface area contributed by atoms with Gasteiger partial charge in [0.25, 0.3) is 0 Å². The van der Waals surface area contributed by atoms with E-state index in [1.807, 2.05) is 0 Å². The van der Waals surface area contributed by atoms with E-state index in [4.69, 9.17) is 5.73 Å². The number of carbonyl (C=O) groups is 1. The first kappa shape index (κ1) is 14.3. The van der Waals surface area contributed by atoms with Crippen LogP contribution < -0.4 is 11.1 Å². The number of likely N-dealkylation sites (N-methyl/N-ethyl adjacent to an activating group) is 1. The maximum Gasteiger partial charge on any atom is 0.234 e. The van der Waals surface area contributed by atoms with Gasteiger partial charge in [-0.05, 0) is 52.1 Å². The molecule has 3 fully saturated rings. The van der Waals surface area contributed by atoms with Gasteiger partial charge in [-0.25, -0.2) is 0 Å². The maximum atomic E-state index is 11.5. The topological polar surface area (TPSA) is 61.6 Å². The number of hydrogen-bond acceptors (Lipinski definition) is 4. The number of likely N-dealkylation sites (tertiary alicyclic amines) is 1. The minimum atomic E-state index is -0.189. The van der Waals surface area contributed by atoms with Crippen LogP contribution in [-0.2, 0) is 4.79 Å². The zero-order valence-corrected chi connectivity index (χ0v) is 12.6. The Morgan fingerprint density at radius 3 is 2.70 bits per heavy atom. The van der Waals surface area contributed by atoms with Gasteiger partial charge < -0.3 is 16.0 Å². The summed E-state index contributed by atoms with van der Waals surface area (Å²) in [7, 11) is 2.27. The van der Waals surface area contributed by atoms with Crippen LogP contribution in [0.3, 0.4) is 0 Å². The summed E-state index contributed by atoms with van der Waals surface area (Å²) in [4.78, 5) is 16.6. The summed E-state index contributed by atoms with van der Waals surface area (Å²) in [5.74, 6) is -0.189. The molecule has 0 aromatic rings. The molecule has 1 aliphatic carbocycles. The van der Waals surface area contributed by atoms with E-state index in [1.165, 1.54) is 38.6 Å². The lowest BCUT2D eigenvalue weighted by atomic mass is 10.1. The van der Waals surface area contributed by atoms with Crippen molar-refractivity contribution < 1.29 is 4.79 Å². The largest absolute Gasteiger partial charge is 0.368 e. The molecule has 1 amide bonds. The molecule has 114 valence electrons. The average molecular weight is 280 g/mol. The molecule has 0 spiro atoms. The minimum Gasteiger partial charge on any atom is -0.368 e. The van der Waals surface area contributed by atoms with Crippen molar-refractivity contribution in [3.8, 4) is 0 Å². The Bertz CT molecular complexity index is 358. The number of nitrogens with two attached hydrogens (primary N) is 1. The summed E-state index contributed by atoms with van der Waals surface area (Å²) in [5.41, 5.74) is 5.51. The molecule has 2 heterocycles. The van der Waals surface area contributed by atoms with Gasteiger partial charge in [-0.2, -0.15) is 0 Å². The molecule has 5 heteroatoms. The summed E-state index contributed by atoms with van der Waals surface area (Å²) in [6.07, 6.45) is 7.21. The fraction of sp³-hybridized carbons (Fsp3) is 0.933. The molecule has 5 nitrogen and oxygen atoms in total. The standard InChI is InChI=1S/C15H28N4O/c1-18-12-4-5-13(18)10-19(8-6-12)9-7-14(15(16)20)17-11-2-3-11/h11-14,17H,2-10H2,1H3,(H2,16,20). The normalized spacial score (nSPS) is 33.0. The van der Waals surface area contributed by atoms with Crippen LogP contribution in [-0.4, -0.2) is 66.6 Å². The van der Waals surface area contributed by atoms with Crippen molar-refractivity contribution in [3.63, 3.8) is 0 Å². The smallest absolute Gasteiger partial charge is 0.234 e. The second-order valence-electron chi connectivity index (χ2n) is 6.82. The Kier molecular flexibility index (Phi) is 4.29. The van der Waals surface area contributed by atoms with Crippen molar-refractivity contribution >= 4 is 5.91 Å². The van der Waals surface area contributed by atoms with Crippen LogP contribution in [0, 0.1) is 0 Å². The Morgan fingerprint density at radius 2 is 2.00 bits per heavy atom. The first-order chi connectivity index (χ1) is 9.63. The van der Waals surface area contributed by atoms with Gasteiger partial charge in [0, 0.05) is 31.2 Å². The van der Waals surface area contributed by atoms with E-state index in [2.05, 4.69) is 22.2 Å². The van der Waals surface area contributed by atoms with Crippen LogP contribution in [0.15, 0.2) is 0 Å². The number of amides is 1. The number of rotatable bonds is 6. The van der Waals surface area contributed by atoms with Crippen molar-refractivity contribution in [2.45, 2.75) is 62.7 Å². The molecule has 0 aromatic carbocycles. The molecule has 20 heavy (non-hydrogen) atoms. The van der Waals surface area contributed by atoms with Crippen molar-refractivity contribution in [1.29, 1.82) is 0 Å². The molecular weight excluding hydrogens is 252 g/mol. The number of nitrogens with one attached hydrogen (secondary N) is 1. The fourth-order valence-electron chi connectivity index (χ4n) is 3.74. The van der Waals surface area contributed by atoms with Crippen LogP contribution in [0.5, 0.6) is 0 Å². The Labute approximate surface area is 121 Å². The lowest BCUT2D eigenvalue weighted by Crippen LogP contribution is -2.45. The summed E-state index contributed by atoms with van der Waals surface area (Å²) in [6, 6.07) is 1.90. The van der Waals surface area contributed by atoms with Crippen molar-refractivity contribution in [1.82, 2.24) is 15.1 Å². The Morgan fingerprint density at radius 1 is 1.25 bits per heavy atom. The zero-order valence-electron chi connectivity index (χ0n) is 12.6. The molecule has 0 aromatic heterocycles. The van der Waals surface area contributed by atoms with Crippen LogP contribution in [0.4, 0.5) is 0 Å². The molecule has 0 radical (unpaired) electrons. The van der Waals surface area contributed by atoms with Gasteiger partial charge in [0.15, 0.2) is 0 Å². The van der Waals surface area contributed by atoms with Gasteiger partial charge in [-0.15, -0.1) is 0 Å². The SMILES string of the molecule is CN1C2CCC1CN(CCC(NC1CC1)C(N)=O)CC2. The Hall–Kier alpha value is -0.650. The van der Waals surface area contributed by atoms with Crippen molar-refractivity contribution in [3.05, 3.63) is 0 Å². The van der Waals surface area contributed by atoms with Gasteiger partial charge in [-0.3, -0.25) is 9.69 Å². The van der Waals surface area contributed by atoms with E-state index in [1.54, 1.807) is 0 Å². The predicted octanol–water partition coefficient (Wildman–Crippen LogP) is 0.151. The third-order valence-electron chi connectivity index (χ3n) is 5.32. The third-order valence-corrected chi connectivity index (χ3v) is 5.32. The van der Waals surface area contributed by atoms with E-state index >= 15 is 0 Å². The lowest BCUT2D eigenvalue weighted by Gasteiger charge is -2.27.